The zero-order valence-electron chi connectivity index (χ0n) is 14.5. The number of rotatable bonds is 4. The number of carbonyl (C=O) groups excluding carboxylic acids is 2. The van der Waals surface area contributed by atoms with Gasteiger partial charge in [-0.15, -0.1) is 0 Å². The number of hydrogen-bond acceptors (Lipinski definition) is 7. The fourth-order valence-electron chi connectivity index (χ4n) is 3.14. The Kier molecular flexibility index (Phi) is 4.94. The molecule has 1 aliphatic rings. The number of hydrogen-bond donors (Lipinski definition) is 2. The predicted octanol–water partition coefficient (Wildman–Crippen LogP) is 1.15. The number of nitrogens with zero attached hydrogens (tertiary/aromatic N) is 2. The van der Waals surface area contributed by atoms with Crippen LogP contribution < -0.4 is 0 Å². The Morgan fingerprint density at radius 1 is 1.27 bits per heavy atom. The molecule has 0 bridgehead atoms. The van der Waals surface area contributed by atoms with E-state index in [0.29, 0.717) is 18.7 Å². The summed E-state index contributed by atoms with van der Waals surface area (Å²) in [4.78, 5) is 25.9. The molecule has 1 saturated heterocycles. The SMILES string of the molecule is COC(=O)c1cc(O)cc(C(=O)N2C[C@@H](Cc3cc(C)no3)[C@@H](O)C2)c1. The summed E-state index contributed by atoms with van der Waals surface area (Å²) in [5.74, 6) is -0.740. The highest BCUT2D eigenvalue weighted by Crippen LogP contribution is 2.25. The zero-order valence-corrected chi connectivity index (χ0v) is 14.5. The van der Waals surface area contributed by atoms with Crippen molar-refractivity contribution in [2.45, 2.75) is 19.4 Å². The van der Waals surface area contributed by atoms with Gasteiger partial charge in [0.15, 0.2) is 0 Å². The van der Waals surface area contributed by atoms with Crippen LogP contribution in [0.2, 0.25) is 0 Å². The van der Waals surface area contributed by atoms with Gasteiger partial charge in [0, 0.05) is 37.1 Å². The summed E-state index contributed by atoms with van der Waals surface area (Å²) in [7, 11) is 1.22. The molecule has 8 nitrogen and oxygen atoms in total. The van der Waals surface area contributed by atoms with E-state index in [1.165, 1.54) is 30.2 Å². The Hall–Kier alpha value is -2.87. The number of phenolic OH excluding ortho intramolecular Hbond substituents is 1. The van der Waals surface area contributed by atoms with E-state index >= 15 is 0 Å². The summed E-state index contributed by atoms with van der Waals surface area (Å²) in [6.07, 6.45) is -0.221. The number of benzene rings is 1. The van der Waals surface area contributed by atoms with Crippen molar-refractivity contribution in [3.8, 4) is 5.75 Å². The molecular weight excluding hydrogens is 340 g/mol. The van der Waals surface area contributed by atoms with Gasteiger partial charge in [-0.05, 0) is 25.1 Å². The largest absolute Gasteiger partial charge is 0.508 e. The monoisotopic (exact) mass is 360 g/mol. The number of β-amino-alcohol motifs (C(OH)–C–C–N with tert-alkyl or cyclic N) is 1. The number of aliphatic hydroxyl groups is 1. The fourth-order valence-corrected chi connectivity index (χ4v) is 3.14. The van der Waals surface area contributed by atoms with Gasteiger partial charge >= 0.3 is 5.97 Å². The Morgan fingerprint density at radius 3 is 2.65 bits per heavy atom. The van der Waals surface area contributed by atoms with Gasteiger partial charge in [-0.2, -0.15) is 0 Å². The topological polar surface area (TPSA) is 113 Å². The molecule has 3 rings (SSSR count). The third-order valence-electron chi connectivity index (χ3n) is 4.42. The first-order chi connectivity index (χ1) is 12.4. The molecule has 1 aromatic carbocycles. The van der Waals surface area contributed by atoms with Gasteiger partial charge in [0.05, 0.1) is 24.5 Å². The first kappa shape index (κ1) is 17.9. The van der Waals surface area contributed by atoms with Crippen molar-refractivity contribution in [3.05, 3.63) is 46.8 Å². The van der Waals surface area contributed by atoms with Crippen LogP contribution in [0.3, 0.4) is 0 Å². The number of amides is 1. The van der Waals surface area contributed by atoms with E-state index < -0.39 is 12.1 Å². The molecule has 0 spiro atoms. The normalized spacial score (nSPS) is 19.6. The molecule has 0 saturated carbocycles. The lowest BCUT2D eigenvalue weighted by molar-refractivity contribution is 0.0600. The van der Waals surface area contributed by atoms with Gasteiger partial charge in [-0.3, -0.25) is 4.79 Å². The van der Waals surface area contributed by atoms with Crippen LogP contribution in [0.15, 0.2) is 28.8 Å². The second kappa shape index (κ2) is 7.17. The molecule has 0 radical (unpaired) electrons. The molecule has 1 aromatic heterocycles. The number of aromatic nitrogens is 1. The second-order valence-electron chi connectivity index (χ2n) is 6.44. The minimum Gasteiger partial charge on any atom is -0.508 e. The van der Waals surface area contributed by atoms with E-state index in [-0.39, 0.29) is 35.2 Å². The molecule has 1 aliphatic heterocycles. The van der Waals surface area contributed by atoms with Crippen LogP contribution in [0.5, 0.6) is 5.75 Å². The van der Waals surface area contributed by atoms with Gasteiger partial charge in [0.25, 0.3) is 5.91 Å². The highest BCUT2D eigenvalue weighted by atomic mass is 16.5. The molecule has 2 heterocycles. The van der Waals surface area contributed by atoms with Crippen LogP contribution in [-0.4, -0.2) is 58.4 Å². The van der Waals surface area contributed by atoms with Gasteiger partial charge in [0.2, 0.25) is 0 Å². The van der Waals surface area contributed by atoms with E-state index in [1.807, 2.05) is 6.92 Å². The highest BCUT2D eigenvalue weighted by Gasteiger charge is 2.35. The van der Waals surface area contributed by atoms with Gasteiger partial charge in [-0.1, -0.05) is 5.16 Å². The van der Waals surface area contributed by atoms with Crippen LogP contribution in [-0.2, 0) is 11.2 Å². The lowest BCUT2D eigenvalue weighted by atomic mass is 10.0. The number of esters is 1. The number of carbonyl (C=O) groups is 2. The number of methoxy groups -OCH3 is 1. The highest BCUT2D eigenvalue weighted by molar-refractivity contribution is 5.98. The van der Waals surface area contributed by atoms with Crippen molar-refractivity contribution in [2.75, 3.05) is 20.2 Å². The first-order valence-electron chi connectivity index (χ1n) is 8.19. The Labute approximate surface area is 150 Å². The van der Waals surface area contributed by atoms with Gasteiger partial charge in [0.1, 0.15) is 11.5 Å². The van der Waals surface area contributed by atoms with Crippen molar-refractivity contribution in [1.29, 1.82) is 0 Å². The van der Waals surface area contributed by atoms with Crippen LogP contribution in [0.1, 0.15) is 32.2 Å². The van der Waals surface area contributed by atoms with E-state index in [4.69, 9.17) is 4.52 Å². The first-order valence-corrected chi connectivity index (χ1v) is 8.19. The molecule has 2 aromatic rings. The minimum absolute atomic E-state index is 0.0873. The summed E-state index contributed by atoms with van der Waals surface area (Å²) >= 11 is 0. The number of aryl methyl sites for hydroxylation is 1. The predicted molar refractivity (Wildman–Crippen MR) is 89.8 cm³/mol. The third kappa shape index (κ3) is 3.70. The molecule has 8 heteroatoms. The standard InChI is InChI=1S/C18H20N2O6/c1-10-3-15(26-19-10)7-13-8-20(9-16(13)22)17(23)11-4-12(18(24)25-2)6-14(21)5-11/h3-6,13,16,21-22H,7-9H2,1-2H3/t13-,16+/m1/s1. The van der Waals surface area contributed by atoms with Gasteiger partial charge < -0.3 is 24.4 Å². The molecule has 2 N–H and O–H groups in total. The molecule has 0 unspecified atom stereocenters. The summed E-state index contributed by atoms with van der Waals surface area (Å²) in [6, 6.07) is 5.69. The lowest BCUT2D eigenvalue weighted by Gasteiger charge is -2.16. The van der Waals surface area contributed by atoms with E-state index in [2.05, 4.69) is 9.89 Å². The van der Waals surface area contributed by atoms with Crippen molar-refractivity contribution in [1.82, 2.24) is 10.1 Å². The van der Waals surface area contributed by atoms with E-state index in [1.54, 1.807) is 6.07 Å². The van der Waals surface area contributed by atoms with Crippen LogP contribution in [0.4, 0.5) is 0 Å². The summed E-state index contributed by atoms with van der Waals surface area (Å²) < 4.78 is 9.80. The average molecular weight is 360 g/mol. The second-order valence-corrected chi connectivity index (χ2v) is 6.44. The molecule has 1 amide bonds. The Balaban J connectivity index is 1.74. The molecular formula is C18H20N2O6. The summed E-state index contributed by atoms with van der Waals surface area (Å²) in [5.41, 5.74) is 1.01. The molecule has 1 fully saturated rings. The number of aromatic hydroxyl groups is 1. The summed E-state index contributed by atoms with van der Waals surface area (Å²) in [5, 5.41) is 23.9. The molecule has 138 valence electrons. The summed E-state index contributed by atoms with van der Waals surface area (Å²) in [6.45, 7) is 2.32. The van der Waals surface area contributed by atoms with Crippen LogP contribution in [0.25, 0.3) is 0 Å². The molecule has 2 atom stereocenters. The van der Waals surface area contributed by atoms with E-state index in [0.717, 1.165) is 5.69 Å². The number of likely N-dealkylation sites (tertiary alicyclic amines) is 1. The van der Waals surface area contributed by atoms with Crippen LogP contribution in [0, 0.1) is 12.8 Å². The van der Waals surface area contributed by atoms with Crippen molar-refractivity contribution >= 4 is 11.9 Å². The van der Waals surface area contributed by atoms with Crippen molar-refractivity contribution in [2.24, 2.45) is 5.92 Å². The van der Waals surface area contributed by atoms with Crippen LogP contribution >= 0.6 is 0 Å². The van der Waals surface area contributed by atoms with E-state index in [9.17, 15) is 19.8 Å². The molecule has 26 heavy (non-hydrogen) atoms. The smallest absolute Gasteiger partial charge is 0.338 e. The van der Waals surface area contributed by atoms with Crippen molar-refractivity contribution < 1.29 is 29.1 Å². The maximum absolute atomic E-state index is 12.7. The number of ether oxygens (including phenoxy) is 1. The average Bonchev–Trinajstić information content (AvgIpc) is 3.19. The maximum atomic E-state index is 12.7. The number of aliphatic hydroxyl groups excluding tert-OH is 1. The Morgan fingerprint density at radius 2 is 2.00 bits per heavy atom. The minimum atomic E-state index is -0.693. The maximum Gasteiger partial charge on any atom is 0.338 e. The lowest BCUT2D eigenvalue weighted by Crippen LogP contribution is -2.29. The fraction of sp³-hybridized carbons (Fsp3) is 0.389. The third-order valence-corrected chi connectivity index (χ3v) is 4.42. The van der Waals surface area contributed by atoms with Gasteiger partial charge in [-0.25, -0.2) is 4.79 Å². The number of phenols is 1. The Bertz CT molecular complexity index is 831. The quantitative estimate of drug-likeness (QED) is 0.786. The molecule has 0 aliphatic carbocycles. The van der Waals surface area contributed by atoms with Crippen molar-refractivity contribution in [3.63, 3.8) is 0 Å². The zero-order chi connectivity index (χ0) is 18.8.